The lowest BCUT2D eigenvalue weighted by molar-refractivity contribution is -0.122. The first-order chi connectivity index (χ1) is 10.2. The van der Waals surface area contributed by atoms with Crippen LogP contribution in [-0.2, 0) is 4.79 Å². The van der Waals surface area contributed by atoms with E-state index >= 15 is 0 Å². The average molecular weight is 297 g/mol. The van der Waals surface area contributed by atoms with Gasteiger partial charge in [-0.3, -0.25) is 4.79 Å². The summed E-state index contributed by atoms with van der Waals surface area (Å²) >= 11 is 0. The lowest BCUT2D eigenvalue weighted by Crippen LogP contribution is -2.09. The molecule has 0 saturated heterocycles. The molecule has 0 aromatic carbocycles. The van der Waals surface area contributed by atoms with Crippen LogP contribution in [0.2, 0.25) is 0 Å². The zero-order valence-corrected chi connectivity index (χ0v) is 15.1. The number of unbranched alkanes of at least 4 members (excludes halogenated alkanes) is 12. The van der Waals surface area contributed by atoms with Crippen molar-refractivity contribution in [2.45, 2.75) is 117 Å². The van der Waals surface area contributed by atoms with E-state index in [0.717, 1.165) is 19.3 Å². The van der Waals surface area contributed by atoms with Crippen molar-refractivity contribution in [1.29, 1.82) is 0 Å². The molecule has 126 valence electrons. The fraction of sp³-hybridized carbons (Fsp3) is 0.950. The van der Waals surface area contributed by atoms with Gasteiger partial charge in [0, 0.05) is 12.3 Å². The van der Waals surface area contributed by atoms with Gasteiger partial charge in [-0.25, -0.2) is 0 Å². The van der Waals surface area contributed by atoms with Crippen molar-refractivity contribution in [3.05, 3.63) is 0 Å². The van der Waals surface area contributed by atoms with Gasteiger partial charge in [0.05, 0.1) is 0 Å². The van der Waals surface area contributed by atoms with Crippen LogP contribution in [0.15, 0.2) is 0 Å². The van der Waals surface area contributed by atoms with Gasteiger partial charge in [-0.15, -0.1) is 0 Å². The highest BCUT2D eigenvalue weighted by atomic mass is 16.1. The summed E-state index contributed by atoms with van der Waals surface area (Å²) in [5.74, 6) is 0.753. The number of carbonyl (C=O) groups is 1. The Balaban J connectivity index is 3.11. The Hall–Kier alpha value is -0.330. The van der Waals surface area contributed by atoms with Gasteiger partial charge >= 0.3 is 0 Å². The predicted octanol–water partition coefficient (Wildman–Crippen LogP) is 7.08. The number of hydrogen-bond acceptors (Lipinski definition) is 1. The highest BCUT2D eigenvalue weighted by Gasteiger charge is 2.09. The summed E-state index contributed by atoms with van der Waals surface area (Å²) in [7, 11) is 0. The van der Waals surface area contributed by atoms with Gasteiger partial charge < -0.3 is 0 Å². The smallest absolute Gasteiger partial charge is 0.135 e. The number of hydrogen-bond donors (Lipinski definition) is 0. The molecule has 0 aromatic rings. The summed E-state index contributed by atoms with van der Waals surface area (Å²) in [6.07, 6.45) is 19.6. The second-order valence-corrected chi connectivity index (χ2v) is 6.77. The van der Waals surface area contributed by atoms with Gasteiger partial charge in [-0.05, 0) is 12.8 Å². The highest BCUT2D eigenvalue weighted by molar-refractivity contribution is 5.80. The van der Waals surface area contributed by atoms with E-state index in [1.165, 1.54) is 77.0 Å². The summed E-state index contributed by atoms with van der Waals surface area (Å²) in [5, 5.41) is 0. The molecule has 21 heavy (non-hydrogen) atoms. The molecular formula is C20H40O. The molecule has 0 aliphatic heterocycles. The maximum Gasteiger partial charge on any atom is 0.135 e. The van der Waals surface area contributed by atoms with Crippen molar-refractivity contribution >= 4 is 5.78 Å². The van der Waals surface area contributed by atoms with E-state index in [-0.39, 0.29) is 5.92 Å². The quantitative estimate of drug-likeness (QED) is 0.278. The molecule has 0 spiro atoms. The summed E-state index contributed by atoms with van der Waals surface area (Å²) in [4.78, 5) is 11.7. The van der Waals surface area contributed by atoms with Crippen LogP contribution in [0.25, 0.3) is 0 Å². The minimum Gasteiger partial charge on any atom is -0.299 e. The molecule has 0 aliphatic rings. The zero-order chi connectivity index (χ0) is 15.8. The molecule has 1 unspecified atom stereocenters. The Morgan fingerprint density at radius 1 is 0.667 bits per heavy atom. The molecule has 0 aromatic heterocycles. The van der Waals surface area contributed by atoms with Crippen molar-refractivity contribution in [3.63, 3.8) is 0 Å². The third-order valence-electron chi connectivity index (χ3n) is 4.69. The molecule has 0 rings (SSSR count). The van der Waals surface area contributed by atoms with Crippen LogP contribution in [0.1, 0.15) is 117 Å². The van der Waals surface area contributed by atoms with E-state index < -0.39 is 0 Å². The SMILES string of the molecule is CCCCCCCCCCCCCCCC(=O)C(C)CC. The molecule has 0 fully saturated rings. The number of rotatable bonds is 16. The lowest BCUT2D eigenvalue weighted by Gasteiger charge is -2.07. The van der Waals surface area contributed by atoms with E-state index in [9.17, 15) is 4.79 Å². The topological polar surface area (TPSA) is 17.1 Å². The van der Waals surface area contributed by atoms with Crippen molar-refractivity contribution in [1.82, 2.24) is 0 Å². The van der Waals surface area contributed by atoms with Gasteiger partial charge in [-0.1, -0.05) is 97.8 Å². The minimum absolute atomic E-state index is 0.280. The third-order valence-corrected chi connectivity index (χ3v) is 4.69. The molecule has 0 saturated carbocycles. The number of ketones is 1. The number of Topliss-reactive ketones (excluding diaryl/α,β-unsaturated/α-hetero) is 1. The van der Waals surface area contributed by atoms with E-state index in [4.69, 9.17) is 0 Å². The van der Waals surface area contributed by atoms with Gasteiger partial charge in [0.2, 0.25) is 0 Å². The second-order valence-electron chi connectivity index (χ2n) is 6.77. The maximum absolute atomic E-state index is 11.7. The summed E-state index contributed by atoms with van der Waals surface area (Å²) in [5.41, 5.74) is 0. The predicted molar refractivity (Wildman–Crippen MR) is 94.8 cm³/mol. The summed E-state index contributed by atoms with van der Waals surface area (Å²) in [6.45, 7) is 6.44. The molecule has 0 N–H and O–H groups in total. The van der Waals surface area contributed by atoms with Crippen molar-refractivity contribution in [2.24, 2.45) is 5.92 Å². The van der Waals surface area contributed by atoms with Crippen molar-refractivity contribution in [2.75, 3.05) is 0 Å². The molecule has 0 amide bonds. The van der Waals surface area contributed by atoms with Crippen LogP contribution in [-0.4, -0.2) is 5.78 Å². The maximum atomic E-state index is 11.7. The number of carbonyl (C=O) groups excluding carboxylic acids is 1. The van der Waals surface area contributed by atoms with E-state index in [0.29, 0.717) is 5.78 Å². The summed E-state index contributed by atoms with van der Waals surface area (Å²) < 4.78 is 0. The van der Waals surface area contributed by atoms with E-state index in [1.54, 1.807) is 0 Å². The Labute approximate surface area is 134 Å². The fourth-order valence-electron chi connectivity index (χ4n) is 2.79. The van der Waals surface area contributed by atoms with Crippen molar-refractivity contribution < 1.29 is 4.79 Å². The Morgan fingerprint density at radius 2 is 1.05 bits per heavy atom. The van der Waals surface area contributed by atoms with Crippen LogP contribution in [0, 0.1) is 5.92 Å². The third kappa shape index (κ3) is 14.4. The van der Waals surface area contributed by atoms with Crippen LogP contribution < -0.4 is 0 Å². The molecule has 1 heteroatoms. The van der Waals surface area contributed by atoms with E-state index in [1.807, 2.05) is 0 Å². The molecule has 1 atom stereocenters. The van der Waals surface area contributed by atoms with Crippen molar-refractivity contribution in [3.8, 4) is 0 Å². The molecule has 0 bridgehead atoms. The zero-order valence-electron chi connectivity index (χ0n) is 15.1. The average Bonchev–Trinajstić information content (AvgIpc) is 2.50. The molecule has 0 aliphatic carbocycles. The Bertz CT molecular complexity index is 222. The van der Waals surface area contributed by atoms with Crippen LogP contribution >= 0.6 is 0 Å². The fourth-order valence-corrected chi connectivity index (χ4v) is 2.79. The summed E-state index contributed by atoms with van der Waals surface area (Å²) in [6, 6.07) is 0. The molecule has 1 nitrogen and oxygen atoms in total. The first-order valence-corrected chi connectivity index (χ1v) is 9.75. The van der Waals surface area contributed by atoms with Gasteiger partial charge in [0.25, 0.3) is 0 Å². The Morgan fingerprint density at radius 3 is 1.43 bits per heavy atom. The highest BCUT2D eigenvalue weighted by Crippen LogP contribution is 2.14. The largest absolute Gasteiger partial charge is 0.299 e. The van der Waals surface area contributed by atoms with Gasteiger partial charge in [0.1, 0.15) is 5.78 Å². The monoisotopic (exact) mass is 296 g/mol. The van der Waals surface area contributed by atoms with Crippen LogP contribution in [0.5, 0.6) is 0 Å². The standard InChI is InChI=1S/C20H40O/c1-4-6-7-8-9-10-11-12-13-14-15-16-17-18-20(21)19(3)5-2/h19H,4-18H2,1-3H3. The first kappa shape index (κ1) is 20.7. The lowest BCUT2D eigenvalue weighted by atomic mass is 9.98. The molecule has 0 heterocycles. The molecular weight excluding hydrogens is 256 g/mol. The van der Waals surface area contributed by atoms with Gasteiger partial charge in [-0.2, -0.15) is 0 Å². The minimum atomic E-state index is 0.280. The molecule has 0 radical (unpaired) electrons. The first-order valence-electron chi connectivity index (χ1n) is 9.75. The Kier molecular flexibility index (Phi) is 15.8. The van der Waals surface area contributed by atoms with Gasteiger partial charge in [0.15, 0.2) is 0 Å². The van der Waals surface area contributed by atoms with Crippen LogP contribution in [0.3, 0.4) is 0 Å². The second kappa shape index (κ2) is 16.0. The van der Waals surface area contributed by atoms with Crippen LogP contribution in [0.4, 0.5) is 0 Å². The van der Waals surface area contributed by atoms with E-state index in [2.05, 4.69) is 20.8 Å². The normalized spacial score (nSPS) is 12.5.